The third-order valence-corrected chi connectivity index (χ3v) is 9.72. The second-order valence-corrected chi connectivity index (χ2v) is 11.4. The third kappa shape index (κ3) is 3.09. The molecule has 6 nitrogen and oxygen atoms in total. The molecule has 4 fully saturated rings. The molecule has 4 aliphatic carbocycles. The van der Waals surface area contributed by atoms with Crippen LogP contribution in [0.25, 0.3) is 0 Å². The molecule has 0 amide bonds. The number of hydrogen-bond acceptors (Lipinski definition) is 6. The van der Waals surface area contributed by atoms with Crippen LogP contribution in [0, 0.1) is 28.1 Å². The maximum Gasteiger partial charge on any atom is 0.314 e. The van der Waals surface area contributed by atoms with Crippen molar-refractivity contribution in [2.75, 3.05) is 0 Å². The predicted octanol–water partition coefficient (Wildman–Crippen LogP) is 3.21. The van der Waals surface area contributed by atoms with Crippen LogP contribution in [0.5, 0.6) is 0 Å². The van der Waals surface area contributed by atoms with Crippen molar-refractivity contribution >= 4 is 5.97 Å². The largest absolute Gasteiger partial charge is 0.435 e. The van der Waals surface area contributed by atoms with Gasteiger partial charge in [0.1, 0.15) is 6.10 Å². The van der Waals surface area contributed by atoms with Crippen molar-refractivity contribution in [3.8, 4) is 0 Å². The molecule has 7 unspecified atom stereocenters. The van der Waals surface area contributed by atoms with Crippen LogP contribution in [0.1, 0.15) is 71.6 Å². The Morgan fingerprint density at radius 1 is 1.16 bits per heavy atom. The van der Waals surface area contributed by atoms with Gasteiger partial charge >= 0.3 is 5.97 Å². The maximum atomic E-state index is 13.5. The molecule has 1 spiro atoms. The van der Waals surface area contributed by atoms with Crippen LogP contribution in [0.2, 0.25) is 0 Å². The summed E-state index contributed by atoms with van der Waals surface area (Å²) in [6.07, 6.45) is 5.55. The molecule has 0 radical (unpaired) electrons. The third-order valence-electron chi connectivity index (χ3n) is 9.72. The van der Waals surface area contributed by atoms with E-state index in [1.165, 1.54) is 11.1 Å². The summed E-state index contributed by atoms with van der Waals surface area (Å²) in [6.45, 7) is 8.77. The minimum atomic E-state index is -1.56. The Labute approximate surface area is 184 Å². The van der Waals surface area contributed by atoms with Crippen molar-refractivity contribution in [2.24, 2.45) is 28.1 Å². The fourth-order valence-electron chi connectivity index (χ4n) is 8.20. The molecule has 1 aliphatic heterocycles. The average molecular weight is 433 g/mol. The van der Waals surface area contributed by atoms with E-state index < -0.39 is 30.2 Å². The van der Waals surface area contributed by atoms with Crippen LogP contribution in [-0.2, 0) is 14.3 Å². The molecule has 5 aliphatic rings. The van der Waals surface area contributed by atoms with E-state index in [2.05, 4.69) is 19.6 Å². The number of hydrogen-bond donors (Lipinski definition) is 3. The smallest absolute Gasteiger partial charge is 0.314 e. The second kappa shape index (κ2) is 7.14. The number of allylic oxidation sites excluding steroid dienone is 3. The highest BCUT2D eigenvalue weighted by Gasteiger charge is 2.64. The zero-order valence-corrected chi connectivity index (χ0v) is 18.7. The molecule has 31 heavy (non-hydrogen) atoms. The highest BCUT2D eigenvalue weighted by molar-refractivity contribution is 5.77. The first kappa shape index (κ1) is 21.6. The lowest BCUT2D eigenvalue weighted by Gasteiger charge is -2.63. The first-order valence-corrected chi connectivity index (χ1v) is 11.9. The number of esters is 1. The predicted molar refractivity (Wildman–Crippen MR) is 113 cm³/mol. The Morgan fingerprint density at radius 3 is 2.68 bits per heavy atom. The molecular weight excluding hydrogens is 396 g/mol. The summed E-state index contributed by atoms with van der Waals surface area (Å²) in [5, 5.41) is 29.4. The number of carbonyl (C=O) groups is 1. The lowest BCUT2D eigenvalue weighted by molar-refractivity contribution is -0.302. The van der Waals surface area contributed by atoms with Gasteiger partial charge in [0.15, 0.2) is 6.29 Å². The van der Waals surface area contributed by atoms with Gasteiger partial charge in [-0.05, 0) is 80.1 Å². The summed E-state index contributed by atoms with van der Waals surface area (Å²) >= 11 is 0. The van der Waals surface area contributed by atoms with E-state index >= 15 is 0 Å². The SMILES string of the molecule is C=C1CC23CCC4C(C)(C(=O)OC5CC(O)C(O)[C@@H](O)O5)CCC[C@]4(C)C2CC=C1C3. The molecule has 0 aromatic carbocycles. The van der Waals surface area contributed by atoms with Gasteiger partial charge in [-0.1, -0.05) is 31.6 Å². The number of carbonyl (C=O) groups excluding carboxylic acids is 1. The van der Waals surface area contributed by atoms with Gasteiger partial charge in [-0.3, -0.25) is 4.79 Å². The quantitative estimate of drug-likeness (QED) is 0.580. The van der Waals surface area contributed by atoms with E-state index in [0.717, 1.165) is 51.4 Å². The molecule has 3 saturated carbocycles. The van der Waals surface area contributed by atoms with E-state index in [1.807, 2.05) is 6.92 Å². The van der Waals surface area contributed by atoms with Crippen LogP contribution in [-0.4, -0.2) is 46.1 Å². The normalized spacial score (nSPS) is 51.5. The number of ether oxygens (including phenoxy) is 2. The van der Waals surface area contributed by atoms with Gasteiger partial charge in [0.2, 0.25) is 6.29 Å². The van der Waals surface area contributed by atoms with E-state index in [9.17, 15) is 20.1 Å². The van der Waals surface area contributed by atoms with Crippen LogP contribution >= 0.6 is 0 Å². The molecule has 0 aromatic heterocycles. The van der Waals surface area contributed by atoms with Gasteiger partial charge in [-0.25, -0.2) is 0 Å². The van der Waals surface area contributed by atoms with Crippen molar-refractivity contribution < 1.29 is 29.6 Å². The number of fused-ring (bicyclic) bond motifs is 3. The summed E-state index contributed by atoms with van der Waals surface area (Å²) in [6, 6.07) is 0. The van der Waals surface area contributed by atoms with Crippen LogP contribution < -0.4 is 0 Å². The monoisotopic (exact) mass is 432 g/mol. The van der Waals surface area contributed by atoms with Gasteiger partial charge in [0, 0.05) is 6.42 Å². The van der Waals surface area contributed by atoms with Crippen molar-refractivity contribution in [1.82, 2.24) is 0 Å². The number of aliphatic hydroxyl groups is 3. The average Bonchev–Trinajstić information content (AvgIpc) is 2.93. The van der Waals surface area contributed by atoms with Gasteiger partial charge in [0.05, 0.1) is 11.5 Å². The maximum absolute atomic E-state index is 13.5. The van der Waals surface area contributed by atoms with Crippen molar-refractivity contribution in [3.63, 3.8) is 0 Å². The molecule has 0 aromatic rings. The van der Waals surface area contributed by atoms with Crippen molar-refractivity contribution in [2.45, 2.75) is 96.4 Å². The highest BCUT2D eigenvalue weighted by Crippen LogP contribution is 2.71. The topological polar surface area (TPSA) is 96.2 Å². The molecular formula is C25H36O6. The van der Waals surface area contributed by atoms with E-state index in [4.69, 9.17) is 9.47 Å². The molecule has 172 valence electrons. The second-order valence-electron chi connectivity index (χ2n) is 11.4. The molecule has 6 heteroatoms. The van der Waals surface area contributed by atoms with Crippen molar-refractivity contribution in [3.05, 3.63) is 23.8 Å². The lowest BCUT2D eigenvalue weighted by Crippen LogP contribution is -2.58. The zero-order chi connectivity index (χ0) is 22.2. The summed E-state index contributed by atoms with van der Waals surface area (Å²) in [4.78, 5) is 13.5. The minimum Gasteiger partial charge on any atom is -0.435 e. The van der Waals surface area contributed by atoms with Crippen LogP contribution in [0.4, 0.5) is 0 Å². The Bertz CT molecular complexity index is 809. The first-order chi connectivity index (χ1) is 14.6. The first-order valence-electron chi connectivity index (χ1n) is 11.9. The molecule has 9 atom stereocenters. The highest BCUT2D eigenvalue weighted by atomic mass is 16.7. The molecule has 1 saturated heterocycles. The summed E-state index contributed by atoms with van der Waals surface area (Å²) in [7, 11) is 0. The Balaban J connectivity index is 1.38. The standard InChI is InChI=1S/C25H36O6/c1-14-12-25-10-7-17-23(2,18(25)6-5-15(14)13-25)8-4-9-24(17,3)22(29)31-19-11-16(26)20(27)21(28)30-19/h5,16-21,26-28H,1,4,6-13H2,2-3H3/t16?,17?,18?,19?,20?,21-,23-,24?,25?/m0/s1. The van der Waals surface area contributed by atoms with Gasteiger partial charge < -0.3 is 24.8 Å². The van der Waals surface area contributed by atoms with E-state index in [1.54, 1.807) is 0 Å². The number of aliphatic hydroxyl groups excluding tert-OH is 3. The van der Waals surface area contributed by atoms with Crippen LogP contribution in [0.3, 0.4) is 0 Å². The van der Waals surface area contributed by atoms with Gasteiger partial charge in [-0.2, -0.15) is 0 Å². The Hall–Kier alpha value is -1.21. The van der Waals surface area contributed by atoms with Crippen LogP contribution in [0.15, 0.2) is 23.8 Å². The lowest BCUT2D eigenvalue weighted by atomic mass is 9.41. The van der Waals surface area contributed by atoms with Crippen molar-refractivity contribution in [1.29, 1.82) is 0 Å². The summed E-state index contributed by atoms with van der Waals surface area (Å²) in [5.41, 5.74) is 2.54. The van der Waals surface area contributed by atoms with Gasteiger partial charge in [0.25, 0.3) is 0 Å². The zero-order valence-electron chi connectivity index (χ0n) is 18.7. The summed E-state index contributed by atoms with van der Waals surface area (Å²) in [5.74, 6) is 0.478. The minimum absolute atomic E-state index is 0.0383. The molecule has 5 rings (SSSR count). The van der Waals surface area contributed by atoms with E-state index in [-0.39, 0.29) is 23.7 Å². The fourth-order valence-corrected chi connectivity index (χ4v) is 8.20. The van der Waals surface area contributed by atoms with Gasteiger partial charge in [-0.15, -0.1) is 0 Å². The Morgan fingerprint density at radius 2 is 1.94 bits per heavy atom. The number of rotatable bonds is 2. The summed E-state index contributed by atoms with van der Waals surface area (Å²) < 4.78 is 11.0. The fraction of sp³-hybridized carbons (Fsp3) is 0.800. The molecule has 1 heterocycles. The Kier molecular flexibility index (Phi) is 4.98. The van der Waals surface area contributed by atoms with E-state index in [0.29, 0.717) is 11.3 Å². The molecule has 3 N–H and O–H groups in total. The molecule has 2 bridgehead atoms.